The molecule has 0 spiro atoms. The number of aliphatic carboxylic acids is 1. The van der Waals surface area contributed by atoms with Gasteiger partial charge in [0.25, 0.3) is 0 Å². The number of benzene rings is 1. The first-order valence-corrected chi connectivity index (χ1v) is 5.72. The molecule has 1 fully saturated rings. The molecule has 0 aromatic heterocycles. The highest BCUT2D eigenvalue weighted by Gasteiger charge is 2.34. The predicted molar refractivity (Wildman–Crippen MR) is 60.6 cm³/mol. The number of hydrogen-bond acceptors (Lipinski definition) is 3. The van der Waals surface area contributed by atoms with Gasteiger partial charge in [0, 0.05) is 0 Å². The molecule has 0 amide bonds. The molecule has 4 N–H and O–H groups in total. The summed E-state index contributed by atoms with van der Waals surface area (Å²) in [6, 6.07) is 9.31. The normalized spacial score (nSPS) is 25.7. The second-order valence-electron chi connectivity index (χ2n) is 4.38. The average molecular weight is 237 g/mol. The molecule has 5 nitrogen and oxygen atoms in total. The van der Waals surface area contributed by atoms with Gasteiger partial charge in [-0.15, -0.1) is 0 Å². The van der Waals surface area contributed by atoms with Crippen molar-refractivity contribution in [3.63, 3.8) is 0 Å². The molecule has 0 saturated carbocycles. The summed E-state index contributed by atoms with van der Waals surface area (Å²) in [6.07, 6.45) is 0.736. The Balaban J connectivity index is 1.94. The molecule has 5 heteroatoms. The summed E-state index contributed by atoms with van der Waals surface area (Å²) >= 11 is 0. The molecular formula is C12H17N2O3+. The molecule has 0 radical (unpaired) electrons. The van der Waals surface area contributed by atoms with Crippen LogP contribution in [0.2, 0.25) is 0 Å². The highest BCUT2D eigenvalue weighted by atomic mass is 16.5. The molecule has 1 heterocycles. The zero-order valence-electron chi connectivity index (χ0n) is 9.49. The predicted octanol–water partition coefficient (Wildman–Crippen LogP) is -0.681. The summed E-state index contributed by atoms with van der Waals surface area (Å²) in [4.78, 5) is 10.8. The number of nitrogens with zero attached hydrogens (tertiary/aromatic N) is 1. The van der Waals surface area contributed by atoms with Crippen LogP contribution < -0.4 is 5.32 Å². The van der Waals surface area contributed by atoms with Gasteiger partial charge in [0.2, 0.25) is 0 Å². The molecule has 1 saturated heterocycles. The van der Waals surface area contributed by atoms with Gasteiger partial charge in [0.05, 0.1) is 19.1 Å². The van der Waals surface area contributed by atoms with Crippen LogP contribution in [0.25, 0.3) is 0 Å². The van der Waals surface area contributed by atoms with Gasteiger partial charge in [-0.05, 0) is 12.0 Å². The standard InChI is InChI=1S/C12H16N2O3/c15-12(16)11-8-14(17)10(7-13-11)6-9-4-2-1-3-5-9/h1-5,10-11,13,17H,6-8H2,(H,15,16)/p+1/t10-,11-/m0/s1. The van der Waals surface area contributed by atoms with Crippen LogP contribution in [0.3, 0.4) is 0 Å². The Morgan fingerprint density at radius 1 is 1.41 bits per heavy atom. The van der Waals surface area contributed by atoms with Crippen LogP contribution in [0, 0.1) is 0 Å². The van der Waals surface area contributed by atoms with E-state index in [1.54, 1.807) is 5.32 Å². The maximum Gasteiger partial charge on any atom is 0.363 e. The molecule has 1 aliphatic heterocycles. The molecule has 0 aliphatic carbocycles. The maximum atomic E-state index is 10.8. The third-order valence-corrected chi connectivity index (χ3v) is 3.13. The second kappa shape index (κ2) is 5.27. The average Bonchev–Trinajstić information content (AvgIpc) is 2.33. The lowest BCUT2D eigenvalue weighted by atomic mass is 10.0. The van der Waals surface area contributed by atoms with Crippen molar-refractivity contribution >= 4 is 5.97 Å². The number of nitrogens with two attached hydrogens (primary N) is 1. The van der Waals surface area contributed by atoms with E-state index in [2.05, 4.69) is 0 Å². The minimum Gasteiger partial charge on any atom is -0.477 e. The zero-order chi connectivity index (χ0) is 12.3. The molecule has 17 heavy (non-hydrogen) atoms. The van der Waals surface area contributed by atoms with Crippen LogP contribution in [-0.2, 0) is 11.2 Å². The zero-order valence-corrected chi connectivity index (χ0v) is 9.49. The molecule has 0 unspecified atom stereocenters. The monoisotopic (exact) mass is 237 g/mol. The summed E-state index contributed by atoms with van der Waals surface area (Å²) in [5.41, 5.74) is 1.15. The van der Waals surface area contributed by atoms with Gasteiger partial charge in [-0.1, -0.05) is 30.3 Å². The highest BCUT2D eigenvalue weighted by molar-refractivity contribution is 5.72. The van der Waals surface area contributed by atoms with Gasteiger partial charge in [0.15, 0.2) is 6.04 Å². The molecule has 1 aromatic rings. The molecule has 2 rings (SSSR count). The maximum absolute atomic E-state index is 10.8. The van der Waals surface area contributed by atoms with Crippen molar-refractivity contribution in [3.8, 4) is 0 Å². The van der Waals surface area contributed by atoms with Crippen molar-refractivity contribution in [2.45, 2.75) is 18.5 Å². The van der Waals surface area contributed by atoms with E-state index in [1.807, 2.05) is 30.3 Å². The SMILES string of the molecule is O=C(O)[C@@H]1CN(O)[C@@H](Cc2ccccc2)C[NH2+]1. The Hall–Kier alpha value is -1.43. The third-order valence-electron chi connectivity index (χ3n) is 3.13. The van der Waals surface area contributed by atoms with Crippen molar-refractivity contribution in [2.75, 3.05) is 13.1 Å². The number of carboxylic acids is 1. The molecule has 92 valence electrons. The first-order valence-electron chi connectivity index (χ1n) is 5.72. The number of hydrogen-bond donors (Lipinski definition) is 3. The van der Waals surface area contributed by atoms with E-state index in [1.165, 1.54) is 0 Å². The van der Waals surface area contributed by atoms with Crippen molar-refractivity contribution in [1.82, 2.24) is 5.06 Å². The smallest absolute Gasteiger partial charge is 0.363 e. The van der Waals surface area contributed by atoms with E-state index in [9.17, 15) is 10.0 Å². The molecule has 2 atom stereocenters. The van der Waals surface area contributed by atoms with E-state index in [0.717, 1.165) is 17.0 Å². The van der Waals surface area contributed by atoms with E-state index in [-0.39, 0.29) is 12.6 Å². The van der Waals surface area contributed by atoms with Gasteiger partial charge >= 0.3 is 5.97 Å². The van der Waals surface area contributed by atoms with Gasteiger partial charge in [-0.2, -0.15) is 5.06 Å². The molecule has 0 bridgehead atoms. The quantitative estimate of drug-likeness (QED) is 0.651. The fraction of sp³-hybridized carbons (Fsp3) is 0.417. The third kappa shape index (κ3) is 3.03. The van der Waals surface area contributed by atoms with Crippen LogP contribution in [0.1, 0.15) is 5.56 Å². The lowest BCUT2D eigenvalue weighted by molar-refractivity contribution is -0.697. The van der Waals surface area contributed by atoms with E-state index in [0.29, 0.717) is 6.54 Å². The fourth-order valence-electron chi connectivity index (χ4n) is 2.12. The summed E-state index contributed by atoms with van der Waals surface area (Å²) in [5.74, 6) is -0.873. The number of carbonyl (C=O) groups is 1. The number of quaternary nitrogens is 1. The first-order chi connectivity index (χ1) is 8.16. The van der Waals surface area contributed by atoms with E-state index < -0.39 is 12.0 Å². The van der Waals surface area contributed by atoms with E-state index >= 15 is 0 Å². The summed E-state index contributed by atoms with van der Waals surface area (Å²) in [7, 11) is 0. The second-order valence-corrected chi connectivity index (χ2v) is 4.38. The van der Waals surface area contributed by atoms with Crippen molar-refractivity contribution < 1.29 is 20.4 Å². The first kappa shape index (κ1) is 12.0. The van der Waals surface area contributed by atoms with Gasteiger partial charge in [0.1, 0.15) is 0 Å². The van der Waals surface area contributed by atoms with Crippen LogP contribution in [0.15, 0.2) is 30.3 Å². The highest BCUT2D eigenvalue weighted by Crippen LogP contribution is 2.08. The lowest BCUT2D eigenvalue weighted by Crippen LogP contribution is -2.98. The lowest BCUT2D eigenvalue weighted by Gasteiger charge is -2.31. The Morgan fingerprint density at radius 2 is 2.12 bits per heavy atom. The Kier molecular flexibility index (Phi) is 3.73. The van der Waals surface area contributed by atoms with Crippen molar-refractivity contribution in [1.29, 1.82) is 0 Å². The number of carboxylic acid groups (broad SMARTS) is 1. The number of piperazine rings is 1. The molecule has 1 aliphatic rings. The Labute approximate surface area is 99.6 Å². The Bertz CT molecular complexity index is 383. The molecular weight excluding hydrogens is 220 g/mol. The summed E-state index contributed by atoms with van der Waals surface area (Å²) in [6.45, 7) is 0.773. The fourth-order valence-corrected chi connectivity index (χ4v) is 2.12. The number of hydroxylamine groups is 2. The minimum absolute atomic E-state index is 0.0204. The van der Waals surface area contributed by atoms with Crippen LogP contribution >= 0.6 is 0 Å². The topological polar surface area (TPSA) is 77.4 Å². The van der Waals surface area contributed by atoms with Gasteiger partial charge in [-0.25, -0.2) is 4.79 Å². The van der Waals surface area contributed by atoms with Crippen molar-refractivity contribution in [3.05, 3.63) is 35.9 Å². The number of rotatable bonds is 3. The van der Waals surface area contributed by atoms with Crippen LogP contribution in [-0.4, -0.2) is 46.5 Å². The largest absolute Gasteiger partial charge is 0.477 e. The van der Waals surface area contributed by atoms with E-state index in [4.69, 9.17) is 5.11 Å². The van der Waals surface area contributed by atoms with Crippen LogP contribution in [0.4, 0.5) is 0 Å². The summed E-state index contributed by atoms with van der Waals surface area (Å²) in [5, 5.41) is 21.6. The Morgan fingerprint density at radius 3 is 2.71 bits per heavy atom. The van der Waals surface area contributed by atoms with Gasteiger partial charge < -0.3 is 15.6 Å². The van der Waals surface area contributed by atoms with Gasteiger partial charge in [-0.3, -0.25) is 0 Å². The minimum atomic E-state index is -0.873. The molecule has 1 aromatic carbocycles. The van der Waals surface area contributed by atoms with Crippen LogP contribution in [0.5, 0.6) is 0 Å². The van der Waals surface area contributed by atoms with Crippen molar-refractivity contribution in [2.24, 2.45) is 0 Å². The summed E-state index contributed by atoms with van der Waals surface area (Å²) < 4.78 is 0.